The molecule has 0 aliphatic heterocycles. The molecule has 1 amide bonds. The Kier molecular flexibility index (Phi) is 7.17. The number of nitrogens with one attached hydrogen (secondary N) is 1. The van der Waals surface area contributed by atoms with Gasteiger partial charge in [0.25, 0.3) is 0 Å². The number of thioether (sulfide) groups is 1. The fourth-order valence-electron chi connectivity index (χ4n) is 3.00. The van der Waals surface area contributed by atoms with Gasteiger partial charge in [0, 0.05) is 5.56 Å². The van der Waals surface area contributed by atoms with Gasteiger partial charge >= 0.3 is 0 Å². The van der Waals surface area contributed by atoms with Crippen molar-refractivity contribution in [1.82, 2.24) is 20.2 Å². The maximum Gasteiger partial charge on any atom is 0.230 e. The highest BCUT2D eigenvalue weighted by molar-refractivity contribution is 7.99. The Morgan fingerprint density at radius 3 is 2.52 bits per heavy atom. The summed E-state index contributed by atoms with van der Waals surface area (Å²) < 4.78 is 1.36. The SMILES string of the molecule is CC(C)CC(NC(=O)CSc1nnc(-c2ccccc2Cl)n1N)c1ccccc1. The lowest BCUT2D eigenvalue weighted by Gasteiger charge is -2.21. The average Bonchev–Trinajstić information content (AvgIpc) is 3.07. The fourth-order valence-corrected chi connectivity index (χ4v) is 3.89. The summed E-state index contributed by atoms with van der Waals surface area (Å²) in [5.41, 5.74) is 1.80. The average molecular weight is 430 g/mol. The van der Waals surface area contributed by atoms with E-state index < -0.39 is 0 Å². The third kappa shape index (κ3) is 5.52. The van der Waals surface area contributed by atoms with E-state index in [1.54, 1.807) is 6.07 Å². The molecule has 0 aliphatic rings. The molecule has 1 unspecified atom stereocenters. The van der Waals surface area contributed by atoms with Crippen LogP contribution in [0, 0.1) is 5.92 Å². The molecule has 3 rings (SSSR count). The smallest absolute Gasteiger partial charge is 0.230 e. The van der Waals surface area contributed by atoms with Crippen LogP contribution in [0.1, 0.15) is 31.9 Å². The minimum Gasteiger partial charge on any atom is -0.349 e. The maximum absolute atomic E-state index is 12.6. The molecule has 152 valence electrons. The molecule has 0 saturated heterocycles. The summed E-state index contributed by atoms with van der Waals surface area (Å²) in [7, 11) is 0. The van der Waals surface area contributed by atoms with Crippen molar-refractivity contribution in [1.29, 1.82) is 0 Å². The van der Waals surface area contributed by atoms with Crippen LogP contribution in [0.2, 0.25) is 5.02 Å². The van der Waals surface area contributed by atoms with Crippen LogP contribution in [0.5, 0.6) is 0 Å². The van der Waals surface area contributed by atoms with E-state index in [-0.39, 0.29) is 17.7 Å². The molecule has 1 aromatic heterocycles. The number of nitrogen functional groups attached to an aromatic ring is 1. The number of hydrogen-bond donors (Lipinski definition) is 2. The topological polar surface area (TPSA) is 85.8 Å². The van der Waals surface area contributed by atoms with Gasteiger partial charge in [0.15, 0.2) is 5.82 Å². The first-order valence-corrected chi connectivity index (χ1v) is 10.7. The summed E-state index contributed by atoms with van der Waals surface area (Å²) in [5, 5.41) is 12.3. The second kappa shape index (κ2) is 9.80. The molecular weight excluding hydrogens is 406 g/mol. The van der Waals surface area contributed by atoms with Gasteiger partial charge in [-0.25, -0.2) is 4.68 Å². The molecule has 0 spiro atoms. The molecule has 0 bridgehead atoms. The lowest BCUT2D eigenvalue weighted by molar-refractivity contribution is -0.119. The van der Waals surface area contributed by atoms with Gasteiger partial charge in [-0.2, -0.15) is 0 Å². The fraction of sp³-hybridized carbons (Fsp3) is 0.286. The lowest BCUT2D eigenvalue weighted by Crippen LogP contribution is -2.31. The summed E-state index contributed by atoms with van der Waals surface area (Å²) >= 11 is 7.46. The van der Waals surface area contributed by atoms with Gasteiger partial charge in [-0.1, -0.05) is 79.7 Å². The monoisotopic (exact) mass is 429 g/mol. The van der Waals surface area contributed by atoms with Crippen LogP contribution in [0.15, 0.2) is 59.8 Å². The summed E-state index contributed by atoms with van der Waals surface area (Å²) in [4.78, 5) is 12.6. The molecule has 3 N–H and O–H groups in total. The van der Waals surface area contributed by atoms with Crippen LogP contribution >= 0.6 is 23.4 Å². The van der Waals surface area contributed by atoms with Crippen molar-refractivity contribution in [2.75, 3.05) is 11.6 Å². The van der Waals surface area contributed by atoms with E-state index in [1.165, 1.54) is 16.4 Å². The van der Waals surface area contributed by atoms with E-state index in [1.807, 2.05) is 48.5 Å². The van der Waals surface area contributed by atoms with E-state index in [0.717, 1.165) is 12.0 Å². The minimum absolute atomic E-state index is 0.0290. The minimum atomic E-state index is -0.0770. The third-order valence-electron chi connectivity index (χ3n) is 4.36. The van der Waals surface area contributed by atoms with Crippen molar-refractivity contribution >= 4 is 29.3 Å². The number of aromatic nitrogens is 3. The Morgan fingerprint density at radius 1 is 1.14 bits per heavy atom. The van der Waals surface area contributed by atoms with Gasteiger partial charge in [-0.3, -0.25) is 4.79 Å². The number of nitrogens with zero attached hydrogens (tertiary/aromatic N) is 3. The first-order valence-electron chi connectivity index (χ1n) is 9.38. The Hall–Kier alpha value is -2.51. The Morgan fingerprint density at radius 2 is 1.83 bits per heavy atom. The van der Waals surface area contributed by atoms with Crippen LogP contribution in [0.3, 0.4) is 0 Å². The van der Waals surface area contributed by atoms with Gasteiger partial charge < -0.3 is 11.2 Å². The molecule has 1 heterocycles. The predicted molar refractivity (Wildman–Crippen MR) is 118 cm³/mol. The predicted octanol–water partition coefficient (Wildman–Crippen LogP) is 4.31. The zero-order valence-electron chi connectivity index (χ0n) is 16.4. The molecule has 29 heavy (non-hydrogen) atoms. The molecule has 0 radical (unpaired) electrons. The molecule has 0 fully saturated rings. The largest absolute Gasteiger partial charge is 0.349 e. The molecule has 2 aromatic carbocycles. The van der Waals surface area contributed by atoms with Crippen LogP contribution in [0.4, 0.5) is 0 Å². The number of nitrogens with two attached hydrogens (primary N) is 1. The third-order valence-corrected chi connectivity index (χ3v) is 5.63. The van der Waals surface area contributed by atoms with Crippen LogP contribution in [0.25, 0.3) is 11.4 Å². The first kappa shape index (κ1) is 21.2. The van der Waals surface area contributed by atoms with Crippen molar-refractivity contribution in [2.24, 2.45) is 5.92 Å². The second-order valence-corrected chi connectivity index (χ2v) is 8.45. The van der Waals surface area contributed by atoms with E-state index >= 15 is 0 Å². The van der Waals surface area contributed by atoms with Crippen LogP contribution in [-0.4, -0.2) is 26.5 Å². The summed E-state index contributed by atoms with van der Waals surface area (Å²) in [6.45, 7) is 4.29. The number of rotatable bonds is 8. The van der Waals surface area contributed by atoms with Crippen molar-refractivity contribution in [3.8, 4) is 11.4 Å². The molecule has 0 aliphatic carbocycles. The summed E-state index contributed by atoms with van der Waals surface area (Å²) in [6.07, 6.45) is 0.865. The number of hydrogen-bond acceptors (Lipinski definition) is 5. The molecule has 3 aromatic rings. The maximum atomic E-state index is 12.6. The lowest BCUT2D eigenvalue weighted by atomic mass is 9.97. The molecule has 6 nitrogen and oxygen atoms in total. The molecule has 1 atom stereocenters. The van der Waals surface area contributed by atoms with E-state index in [0.29, 0.717) is 27.5 Å². The van der Waals surface area contributed by atoms with Crippen molar-refractivity contribution < 1.29 is 4.79 Å². The van der Waals surface area contributed by atoms with E-state index in [2.05, 4.69) is 29.4 Å². The van der Waals surface area contributed by atoms with E-state index in [4.69, 9.17) is 17.4 Å². The van der Waals surface area contributed by atoms with E-state index in [9.17, 15) is 4.79 Å². The number of halogens is 1. The highest BCUT2D eigenvalue weighted by atomic mass is 35.5. The quantitative estimate of drug-likeness (QED) is 0.411. The molecular formula is C21H24ClN5OS. The van der Waals surface area contributed by atoms with Crippen molar-refractivity contribution in [2.45, 2.75) is 31.5 Å². The Bertz CT molecular complexity index is 961. The van der Waals surface area contributed by atoms with Crippen LogP contribution < -0.4 is 11.2 Å². The van der Waals surface area contributed by atoms with Crippen molar-refractivity contribution in [3.63, 3.8) is 0 Å². The summed E-state index contributed by atoms with van der Waals surface area (Å²) in [5.74, 6) is 7.16. The highest BCUT2D eigenvalue weighted by Gasteiger charge is 2.18. The molecule has 8 heteroatoms. The zero-order valence-corrected chi connectivity index (χ0v) is 18.0. The Labute approximate surface area is 179 Å². The normalized spacial score (nSPS) is 12.1. The number of amides is 1. The number of carbonyl (C=O) groups is 1. The van der Waals surface area contributed by atoms with Gasteiger partial charge in [-0.05, 0) is 30.0 Å². The highest BCUT2D eigenvalue weighted by Crippen LogP contribution is 2.28. The van der Waals surface area contributed by atoms with Gasteiger partial charge in [0.2, 0.25) is 11.1 Å². The molecule has 0 saturated carbocycles. The first-order chi connectivity index (χ1) is 14.0. The summed E-state index contributed by atoms with van der Waals surface area (Å²) in [6, 6.07) is 17.3. The van der Waals surface area contributed by atoms with Crippen LogP contribution in [-0.2, 0) is 4.79 Å². The zero-order chi connectivity index (χ0) is 20.8. The number of benzene rings is 2. The van der Waals surface area contributed by atoms with Crippen molar-refractivity contribution in [3.05, 3.63) is 65.2 Å². The van der Waals surface area contributed by atoms with Gasteiger partial charge in [0.1, 0.15) is 0 Å². The Balaban J connectivity index is 1.65. The van der Waals surface area contributed by atoms with Gasteiger partial charge in [0.05, 0.1) is 16.8 Å². The number of carbonyl (C=O) groups excluding carboxylic acids is 1. The van der Waals surface area contributed by atoms with Gasteiger partial charge in [-0.15, -0.1) is 10.2 Å². The standard InChI is InChI=1S/C21H24ClN5OS/c1-14(2)12-18(15-8-4-3-5-9-15)24-19(28)13-29-21-26-25-20(27(21)23)16-10-6-7-11-17(16)22/h3-11,14,18H,12-13,23H2,1-2H3,(H,24,28). The second-order valence-electron chi connectivity index (χ2n) is 7.11.